The number of hydrogen-bond acceptors (Lipinski definition) is 4. The van der Waals surface area contributed by atoms with Crippen molar-refractivity contribution in [3.63, 3.8) is 0 Å². The number of aromatic nitrogens is 2. The van der Waals surface area contributed by atoms with Crippen LogP contribution >= 0.6 is 11.6 Å². The molecule has 1 aliphatic heterocycles. The van der Waals surface area contributed by atoms with Gasteiger partial charge in [0, 0.05) is 61.0 Å². The fourth-order valence-corrected chi connectivity index (χ4v) is 5.87. The summed E-state index contributed by atoms with van der Waals surface area (Å²) in [4.78, 5) is 14.1. The number of allylic oxidation sites excluding steroid dienone is 1. The Labute approximate surface area is 214 Å². The highest BCUT2D eigenvalue weighted by Gasteiger charge is 2.25. The van der Waals surface area contributed by atoms with Crippen molar-refractivity contribution in [2.24, 2.45) is 0 Å². The van der Waals surface area contributed by atoms with Crippen molar-refractivity contribution in [1.82, 2.24) is 19.8 Å². The lowest BCUT2D eigenvalue weighted by Gasteiger charge is -2.39. The Morgan fingerprint density at radius 2 is 1.80 bits per heavy atom. The van der Waals surface area contributed by atoms with E-state index in [2.05, 4.69) is 65.2 Å². The van der Waals surface area contributed by atoms with Gasteiger partial charge in [-0.1, -0.05) is 50.2 Å². The molecular formula is C30H35ClN4. The third kappa shape index (κ3) is 4.95. The van der Waals surface area contributed by atoms with Crippen LogP contribution < -0.4 is 0 Å². The number of hydrogen-bond donors (Lipinski definition) is 0. The zero-order valence-corrected chi connectivity index (χ0v) is 21.5. The minimum absolute atomic E-state index is 0.466. The van der Waals surface area contributed by atoms with Gasteiger partial charge in [-0.05, 0) is 72.9 Å². The average molecular weight is 487 g/mol. The Hall–Kier alpha value is -2.85. The predicted octanol–water partition coefficient (Wildman–Crippen LogP) is 6.85. The Morgan fingerprint density at radius 3 is 2.54 bits per heavy atom. The van der Waals surface area contributed by atoms with Crippen LogP contribution in [-0.4, -0.2) is 45.9 Å². The molecule has 3 aromatic rings. The number of rotatable bonds is 7. The first kappa shape index (κ1) is 23.9. The summed E-state index contributed by atoms with van der Waals surface area (Å²) in [6.45, 7) is 14.9. The molecule has 0 spiro atoms. The van der Waals surface area contributed by atoms with Gasteiger partial charge in [0.2, 0.25) is 0 Å². The highest BCUT2D eigenvalue weighted by molar-refractivity contribution is 6.36. The Kier molecular flexibility index (Phi) is 7.10. The molecule has 4 nitrogen and oxygen atoms in total. The van der Waals surface area contributed by atoms with E-state index < -0.39 is 0 Å². The summed E-state index contributed by atoms with van der Waals surface area (Å²) < 4.78 is 0. The third-order valence-electron chi connectivity index (χ3n) is 7.72. The summed E-state index contributed by atoms with van der Waals surface area (Å²) in [5.74, 6) is 0.466. The lowest BCUT2D eigenvalue weighted by molar-refractivity contribution is 0.209. The Balaban J connectivity index is 1.33. The van der Waals surface area contributed by atoms with E-state index in [4.69, 9.17) is 16.6 Å². The van der Waals surface area contributed by atoms with Gasteiger partial charge < -0.3 is 9.80 Å². The van der Waals surface area contributed by atoms with E-state index in [1.54, 1.807) is 0 Å². The van der Waals surface area contributed by atoms with Crippen molar-refractivity contribution >= 4 is 28.2 Å². The van der Waals surface area contributed by atoms with Gasteiger partial charge in [0.05, 0.1) is 10.5 Å². The van der Waals surface area contributed by atoms with Gasteiger partial charge in [-0.2, -0.15) is 0 Å². The molecule has 1 atom stereocenters. The molecule has 5 heteroatoms. The largest absolute Gasteiger partial charge is 0.372 e. The number of pyridine rings is 2. The summed E-state index contributed by atoms with van der Waals surface area (Å²) >= 11 is 6.92. The Bertz CT molecular complexity index is 1230. The minimum Gasteiger partial charge on any atom is -0.372 e. The van der Waals surface area contributed by atoms with Crippen molar-refractivity contribution in [1.29, 1.82) is 0 Å². The molecule has 182 valence electrons. The highest BCUT2D eigenvalue weighted by atomic mass is 35.5. The maximum atomic E-state index is 6.92. The van der Waals surface area contributed by atoms with Crippen LogP contribution in [0.25, 0.3) is 16.6 Å². The molecule has 5 rings (SSSR count). The fourth-order valence-electron chi connectivity index (χ4n) is 5.50. The van der Waals surface area contributed by atoms with Crippen LogP contribution in [0.4, 0.5) is 0 Å². The normalized spacial score (nSPS) is 17.9. The number of piperazine rings is 1. The van der Waals surface area contributed by atoms with E-state index >= 15 is 0 Å². The molecule has 1 aromatic carbocycles. The van der Waals surface area contributed by atoms with Crippen LogP contribution in [-0.2, 0) is 12.8 Å². The SMILES string of the molecule is C=C(CCCC)N1CCN(C(=C)c2ccc3c(Cl)c4c(nc3c2)CC(c2ccncc2)CC4)CC1. The Morgan fingerprint density at radius 1 is 1.06 bits per heavy atom. The van der Waals surface area contributed by atoms with Gasteiger partial charge in [-0.25, -0.2) is 0 Å². The lowest BCUT2D eigenvalue weighted by Crippen LogP contribution is -2.44. The molecule has 0 saturated carbocycles. The van der Waals surface area contributed by atoms with Crippen LogP contribution in [0.1, 0.15) is 60.9 Å². The monoisotopic (exact) mass is 486 g/mol. The molecule has 3 heterocycles. The first-order valence-corrected chi connectivity index (χ1v) is 13.3. The van der Waals surface area contributed by atoms with E-state index in [0.717, 1.165) is 84.7 Å². The zero-order chi connectivity index (χ0) is 24.4. The second-order valence-corrected chi connectivity index (χ2v) is 10.3. The molecule has 1 unspecified atom stereocenters. The second kappa shape index (κ2) is 10.4. The van der Waals surface area contributed by atoms with Crippen LogP contribution in [0.15, 0.2) is 61.6 Å². The second-order valence-electron chi connectivity index (χ2n) is 9.89. The lowest BCUT2D eigenvalue weighted by atomic mass is 9.82. The molecule has 1 aliphatic carbocycles. The molecule has 0 N–H and O–H groups in total. The summed E-state index contributed by atoms with van der Waals surface area (Å²) in [5, 5.41) is 1.91. The first-order valence-electron chi connectivity index (χ1n) is 12.9. The third-order valence-corrected chi connectivity index (χ3v) is 8.16. The van der Waals surface area contributed by atoms with Crippen LogP contribution in [0.5, 0.6) is 0 Å². The van der Waals surface area contributed by atoms with E-state index in [-0.39, 0.29) is 0 Å². The van der Waals surface area contributed by atoms with Crippen molar-refractivity contribution in [2.45, 2.75) is 51.4 Å². The van der Waals surface area contributed by atoms with Gasteiger partial charge in [0.25, 0.3) is 0 Å². The van der Waals surface area contributed by atoms with Crippen LogP contribution in [0, 0.1) is 0 Å². The molecule has 0 bridgehead atoms. The van der Waals surface area contributed by atoms with Gasteiger partial charge in [-0.15, -0.1) is 0 Å². The number of benzene rings is 1. The molecule has 1 saturated heterocycles. The maximum Gasteiger partial charge on any atom is 0.0727 e. The summed E-state index contributed by atoms with van der Waals surface area (Å²) in [5.41, 5.74) is 8.12. The molecular weight excluding hydrogens is 452 g/mol. The van der Waals surface area contributed by atoms with Gasteiger partial charge in [0.15, 0.2) is 0 Å². The highest BCUT2D eigenvalue weighted by Crippen LogP contribution is 2.38. The van der Waals surface area contributed by atoms with Crippen LogP contribution in [0.2, 0.25) is 5.02 Å². The summed E-state index contributed by atoms with van der Waals surface area (Å²) in [6, 6.07) is 10.7. The average Bonchev–Trinajstić information content (AvgIpc) is 2.91. The molecule has 2 aliphatic rings. The van der Waals surface area contributed by atoms with E-state index in [1.165, 1.54) is 29.7 Å². The molecule has 2 aromatic heterocycles. The summed E-state index contributed by atoms with van der Waals surface area (Å²) in [7, 11) is 0. The molecule has 0 radical (unpaired) electrons. The number of halogens is 1. The summed E-state index contributed by atoms with van der Waals surface area (Å²) in [6.07, 6.45) is 10.3. The fraction of sp³-hybridized carbons (Fsp3) is 0.400. The van der Waals surface area contributed by atoms with Crippen molar-refractivity contribution in [3.8, 4) is 0 Å². The molecule has 1 fully saturated rings. The number of fused-ring (bicyclic) bond motifs is 2. The maximum absolute atomic E-state index is 6.92. The van der Waals surface area contributed by atoms with Crippen LogP contribution in [0.3, 0.4) is 0 Å². The number of nitrogens with zero attached hydrogens (tertiary/aromatic N) is 4. The van der Waals surface area contributed by atoms with E-state index in [0.29, 0.717) is 5.92 Å². The quantitative estimate of drug-likeness (QED) is 0.365. The standard InChI is InChI=1S/C30H35ClN4/c1-4-5-6-21(2)34-15-17-35(18-16-34)22(3)24-7-9-26-28(19-24)33-29-20-25(8-10-27(29)30(26)31)23-11-13-32-14-12-23/h7,9,11-14,19,25H,2-6,8,10,15-18,20H2,1H3. The molecule has 0 amide bonds. The van der Waals surface area contributed by atoms with E-state index in [9.17, 15) is 0 Å². The minimum atomic E-state index is 0.466. The van der Waals surface area contributed by atoms with E-state index in [1.807, 2.05) is 12.4 Å². The van der Waals surface area contributed by atoms with Crippen molar-refractivity contribution in [2.75, 3.05) is 26.2 Å². The van der Waals surface area contributed by atoms with Gasteiger partial charge in [-0.3, -0.25) is 9.97 Å². The predicted molar refractivity (Wildman–Crippen MR) is 147 cm³/mol. The first-order chi connectivity index (χ1) is 17.0. The molecule has 35 heavy (non-hydrogen) atoms. The van der Waals surface area contributed by atoms with Crippen molar-refractivity contribution < 1.29 is 0 Å². The topological polar surface area (TPSA) is 32.3 Å². The smallest absolute Gasteiger partial charge is 0.0727 e. The zero-order valence-electron chi connectivity index (χ0n) is 20.8. The van der Waals surface area contributed by atoms with Crippen molar-refractivity contribution in [3.05, 3.63) is 89.0 Å². The van der Waals surface area contributed by atoms with Gasteiger partial charge >= 0.3 is 0 Å². The van der Waals surface area contributed by atoms with Gasteiger partial charge in [0.1, 0.15) is 0 Å². The number of unbranched alkanes of at least 4 members (excludes halogenated alkanes) is 1.